The van der Waals surface area contributed by atoms with E-state index in [4.69, 9.17) is 0 Å². The molecule has 0 aromatic rings. The predicted molar refractivity (Wildman–Crippen MR) is 79.4 cm³/mol. The van der Waals surface area contributed by atoms with Crippen LogP contribution in [0, 0.1) is 11.8 Å². The van der Waals surface area contributed by atoms with Gasteiger partial charge in [-0.1, -0.05) is 0 Å². The Bertz CT molecular complexity index is 340. The minimum absolute atomic E-state index is 0.132. The molecule has 2 aliphatic rings. The number of nitrogens with one attached hydrogen (secondary N) is 2. The predicted octanol–water partition coefficient (Wildman–Crippen LogP) is 2.03. The first-order chi connectivity index (χ1) is 9.60. The highest BCUT2D eigenvalue weighted by molar-refractivity contribution is 5.81. The van der Waals surface area contributed by atoms with Gasteiger partial charge in [0.2, 0.25) is 5.91 Å². The summed E-state index contributed by atoms with van der Waals surface area (Å²) in [6.45, 7) is 1.67. The van der Waals surface area contributed by atoms with E-state index in [0.717, 1.165) is 51.4 Å². The van der Waals surface area contributed by atoms with Gasteiger partial charge in [0, 0.05) is 23.9 Å². The molecule has 0 saturated heterocycles. The molecule has 2 N–H and O–H groups in total. The summed E-state index contributed by atoms with van der Waals surface area (Å²) in [6, 6.07) is 0.979. The fourth-order valence-electron chi connectivity index (χ4n) is 3.61. The molecule has 20 heavy (non-hydrogen) atoms. The van der Waals surface area contributed by atoms with Crippen LogP contribution in [-0.2, 0) is 9.59 Å². The first-order valence-electron chi connectivity index (χ1n) is 8.08. The van der Waals surface area contributed by atoms with E-state index in [9.17, 15) is 9.59 Å². The summed E-state index contributed by atoms with van der Waals surface area (Å²) in [6.07, 6.45) is 8.00. The minimum atomic E-state index is 0.132. The van der Waals surface area contributed by atoms with Crippen LogP contribution in [0.4, 0.5) is 0 Å². The van der Waals surface area contributed by atoms with Gasteiger partial charge in [-0.05, 0) is 65.3 Å². The molecule has 0 radical (unpaired) electrons. The van der Waals surface area contributed by atoms with Gasteiger partial charge in [-0.3, -0.25) is 9.59 Å². The van der Waals surface area contributed by atoms with Crippen LogP contribution in [-0.4, -0.2) is 30.8 Å². The van der Waals surface area contributed by atoms with E-state index in [-0.39, 0.29) is 23.5 Å². The summed E-state index contributed by atoms with van der Waals surface area (Å²) in [4.78, 5) is 23.6. The second-order valence-electron chi connectivity index (χ2n) is 6.51. The van der Waals surface area contributed by atoms with Gasteiger partial charge in [-0.15, -0.1) is 0 Å². The van der Waals surface area contributed by atoms with Crippen LogP contribution in [0.5, 0.6) is 0 Å². The number of ketones is 1. The van der Waals surface area contributed by atoms with Crippen molar-refractivity contribution >= 4 is 11.7 Å². The molecule has 0 bridgehead atoms. The maximum absolute atomic E-state index is 12.3. The molecule has 0 heterocycles. The number of amides is 1. The van der Waals surface area contributed by atoms with Crippen molar-refractivity contribution in [3.63, 3.8) is 0 Å². The molecule has 114 valence electrons. The molecule has 2 aliphatic carbocycles. The highest BCUT2D eigenvalue weighted by atomic mass is 16.2. The number of carbonyl (C=O) groups is 2. The third kappa shape index (κ3) is 4.05. The Labute approximate surface area is 122 Å². The Kier molecular flexibility index (Phi) is 5.58. The number of hydrogen-bond acceptors (Lipinski definition) is 3. The van der Waals surface area contributed by atoms with E-state index in [1.807, 2.05) is 7.05 Å². The standard InChI is InChI=1S/C16H28N2O2/c1-11(19)12-3-5-13(6-4-12)16(20)18-15-9-7-14(17-2)8-10-15/h12-15,17H,3-10H2,1-2H3,(H,18,20). The minimum Gasteiger partial charge on any atom is -0.353 e. The zero-order valence-electron chi connectivity index (χ0n) is 12.8. The zero-order chi connectivity index (χ0) is 14.5. The molecule has 0 atom stereocenters. The Morgan fingerprint density at radius 3 is 1.80 bits per heavy atom. The van der Waals surface area contributed by atoms with E-state index in [2.05, 4.69) is 10.6 Å². The molecule has 0 unspecified atom stereocenters. The largest absolute Gasteiger partial charge is 0.353 e. The quantitative estimate of drug-likeness (QED) is 0.828. The lowest BCUT2D eigenvalue weighted by Crippen LogP contribution is -2.44. The molecule has 4 heteroatoms. The van der Waals surface area contributed by atoms with Crippen molar-refractivity contribution in [2.24, 2.45) is 11.8 Å². The van der Waals surface area contributed by atoms with Crippen LogP contribution >= 0.6 is 0 Å². The van der Waals surface area contributed by atoms with Crippen LogP contribution in [0.3, 0.4) is 0 Å². The smallest absolute Gasteiger partial charge is 0.223 e. The summed E-state index contributed by atoms with van der Waals surface area (Å²) >= 11 is 0. The third-order valence-electron chi connectivity index (χ3n) is 5.15. The Balaban J connectivity index is 1.72. The lowest BCUT2D eigenvalue weighted by Gasteiger charge is -2.31. The second-order valence-corrected chi connectivity index (χ2v) is 6.51. The Morgan fingerprint density at radius 1 is 0.800 bits per heavy atom. The van der Waals surface area contributed by atoms with Gasteiger partial charge >= 0.3 is 0 Å². The summed E-state index contributed by atoms with van der Waals surface area (Å²) < 4.78 is 0. The first-order valence-corrected chi connectivity index (χ1v) is 8.08. The van der Waals surface area contributed by atoms with Gasteiger partial charge in [-0.25, -0.2) is 0 Å². The summed E-state index contributed by atoms with van der Waals surface area (Å²) in [5, 5.41) is 6.54. The summed E-state index contributed by atoms with van der Waals surface area (Å²) in [5.41, 5.74) is 0. The molecule has 0 aliphatic heterocycles. The lowest BCUT2D eigenvalue weighted by atomic mass is 9.79. The SMILES string of the molecule is CNC1CCC(NC(=O)C2CCC(C(C)=O)CC2)CC1. The fourth-order valence-corrected chi connectivity index (χ4v) is 3.61. The van der Waals surface area contributed by atoms with Gasteiger partial charge in [-0.2, -0.15) is 0 Å². The van der Waals surface area contributed by atoms with E-state index in [0.29, 0.717) is 12.1 Å². The highest BCUT2D eigenvalue weighted by Gasteiger charge is 2.30. The third-order valence-corrected chi connectivity index (χ3v) is 5.15. The Morgan fingerprint density at radius 2 is 1.30 bits per heavy atom. The average molecular weight is 280 g/mol. The topological polar surface area (TPSA) is 58.2 Å². The van der Waals surface area contributed by atoms with Gasteiger partial charge in [0.25, 0.3) is 0 Å². The average Bonchev–Trinajstić information content (AvgIpc) is 2.48. The normalized spacial score (nSPS) is 34.5. The molecule has 2 rings (SSSR count). The van der Waals surface area contributed by atoms with Gasteiger partial charge in [0.05, 0.1) is 0 Å². The van der Waals surface area contributed by atoms with Crippen molar-refractivity contribution in [2.75, 3.05) is 7.05 Å². The Hall–Kier alpha value is -0.900. The summed E-state index contributed by atoms with van der Waals surface area (Å²) in [7, 11) is 2.01. The van der Waals surface area contributed by atoms with Gasteiger partial charge in [0.1, 0.15) is 5.78 Å². The molecule has 4 nitrogen and oxygen atoms in total. The van der Waals surface area contributed by atoms with Crippen LogP contribution in [0.1, 0.15) is 58.3 Å². The first kappa shape index (κ1) is 15.5. The highest BCUT2D eigenvalue weighted by Crippen LogP contribution is 2.30. The fraction of sp³-hybridized carbons (Fsp3) is 0.875. The second kappa shape index (κ2) is 7.21. The van der Waals surface area contributed by atoms with E-state index >= 15 is 0 Å². The number of Topliss-reactive ketones (excluding diaryl/α,β-unsaturated/α-hetero) is 1. The van der Waals surface area contributed by atoms with Crippen LogP contribution < -0.4 is 10.6 Å². The maximum Gasteiger partial charge on any atom is 0.223 e. The zero-order valence-corrected chi connectivity index (χ0v) is 12.8. The van der Waals surface area contributed by atoms with Crippen molar-refractivity contribution in [1.82, 2.24) is 10.6 Å². The molecule has 2 saturated carbocycles. The lowest BCUT2D eigenvalue weighted by molar-refractivity contribution is -0.129. The molecule has 1 amide bonds. The molecular weight excluding hydrogens is 252 g/mol. The van der Waals surface area contributed by atoms with Crippen LogP contribution in [0.2, 0.25) is 0 Å². The van der Waals surface area contributed by atoms with Crippen molar-refractivity contribution in [3.05, 3.63) is 0 Å². The molecule has 0 aromatic carbocycles. The molecule has 0 aromatic heterocycles. The van der Waals surface area contributed by atoms with Crippen LogP contribution in [0.25, 0.3) is 0 Å². The van der Waals surface area contributed by atoms with Crippen LogP contribution in [0.15, 0.2) is 0 Å². The van der Waals surface area contributed by atoms with E-state index < -0.39 is 0 Å². The number of carbonyl (C=O) groups excluding carboxylic acids is 2. The molecular formula is C16H28N2O2. The van der Waals surface area contributed by atoms with Gasteiger partial charge < -0.3 is 10.6 Å². The van der Waals surface area contributed by atoms with Crippen molar-refractivity contribution in [2.45, 2.75) is 70.4 Å². The molecule has 0 spiro atoms. The van der Waals surface area contributed by atoms with E-state index in [1.54, 1.807) is 6.92 Å². The monoisotopic (exact) mass is 280 g/mol. The number of hydrogen-bond donors (Lipinski definition) is 2. The van der Waals surface area contributed by atoms with Crippen molar-refractivity contribution in [3.8, 4) is 0 Å². The van der Waals surface area contributed by atoms with Crippen molar-refractivity contribution < 1.29 is 9.59 Å². The summed E-state index contributed by atoms with van der Waals surface area (Å²) in [5.74, 6) is 0.840. The van der Waals surface area contributed by atoms with Gasteiger partial charge in [0.15, 0.2) is 0 Å². The maximum atomic E-state index is 12.3. The molecule has 2 fully saturated rings. The van der Waals surface area contributed by atoms with E-state index in [1.165, 1.54) is 0 Å². The van der Waals surface area contributed by atoms with Crippen molar-refractivity contribution in [1.29, 1.82) is 0 Å². The number of rotatable bonds is 4.